The molecule has 1 aliphatic heterocycles. The number of halogens is 1. The van der Waals surface area contributed by atoms with Crippen molar-refractivity contribution >= 4 is 5.91 Å². The highest BCUT2D eigenvalue weighted by Gasteiger charge is 2.32. The number of aromatic nitrogens is 3. The summed E-state index contributed by atoms with van der Waals surface area (Å²) in [5.41, 5.74) is 1.75. The van der Waals surface area contributed by atoms with Crippen LogP contribution in [0.1, 0.15) is 30.3 Å². The van der Waals surface area contributed by atoms with Gasteiger partial charge >= 0.3 is 0 Å². The van der Waals surface area contributed by atoms with E-state index in [-0.39, 0.29) is 17.8 Å². The molecule has 0 aliphatic carbocycles. The van der Waals surface area contributed by atoms with E-state index in [4.69, 9.17) is 0 Å². The van der Waals surface area contributed by atoms with Gasteiger partial charge in [-0.15, -0.1) is 0 Å². The molecule has 6 heteroatoms. The van der Waals surface area contributed by atoms with Crippen molar-refractivity contribution in [3.63, 3.8) is 0 Å². The fraction of sp³-hybridized carbons (Fsp3) is 0.250. The molecule has 0 radical (unpaired) electrons. The second-order valence-corrected chi connectivity index (χ2v) is 6.46. The molecule has 1 saturated heterocycles. The first-order valence-electron chi connectivity index (χ1n) is 8.72. The molecule has 1 N–H and O–H groups in total. The summed E-state index contributed by atoms with van der Waals surface area (Å²) in [5, 5.41) is 7.20. The maximum atomic E-state index is 13.1. The van der Waals surface area contributed by atoms with Crippen molar-refractivity contribution in [2.45, 2.75) is 25.3 Å². The lowest BCUT2D eigenvalue weighted by atomic mass is 10.1. The number of amides is 1. The number of hydrogen-bond donors (Lipinski definition) is 1. The number of rotatable bonds is 4. The molecule has 3 aromatic rings. The van der Waals surface area contributed by atoms with Crippen molar-refractivity contribution in [3.05, 3.63) is 71.8 Å². The van der Waals surface area contributed by atoms with Crippen molar-refractivity contribution in [1.29, 1.82) is 0 Å². The normalized spacial score (nSPS) is 16.8. The zero-order chi connectivity index (χ0) is 17.9. The van der Waals surface area contributed by atoms with Crippen LogP contribution < -0.4 is 0 Å². The maximum absolute atomic E-state index is 13.1. The van der Waals surface area contributed by atoms with Gasteiger partial charge in [-0.05, 0) is 42.7 Å². The predicted octanol–water partition coefficient (Wildman–Crippen LogP) is 3.52. The Kier molecular flexibility index (Phi) is 4.48. The van der Waals surface area contributed by atoms with Crippen LogP contribution in [-0.4, -0.2) is 32.5 Å². The molecular formula is C20H19FN4O. The lowest BCUT2D eigenvalue weighted by Gasteiger charge is -2.23. The Morgan fingerprint density at radius 2 is 1.92 bits per heavy atom. The van der Waals surface area contributed by atoms with Crippen LogP contribution in [0.15, 0.2) is 54.6 Å². The van der Waals surface area contributed by atoms with Crippen molar-refractivity contribution in [1.82, 2.24) is 20.1 Å². The van der Waals surface area contributed by atoms with Gasteiger partial charge in [-0.2, -0.15) is 5.10 Å². The van der Waals surface area contributed by atoms with Gasteiger partial charge in [0, 0.05) is 12.1 Å². The van der Waals surface area contributed by atoms with E-state index >= 15 is 0 Å². The molecule has 1 fully saturated rings. The van der Waals surface area contributed by atoms with E-state index in [1.807, 2.05) is 35.2 Å². The Balaban J connectivity index is 1.51. The highest BCUT2D eigenvalue weighted by atomic mass is 19.1. The summed E-state index contributed by atoms with van der Waals surface area (Å²) in [6.45, 7) is 0.725. The fourth-order valence-corrected chi connectivity index (χ4v) is 3.37. The average Bonchev–Trinajstić information content (AvgIpc) is 3.32. The molecule has 0 bridgehead atoms. The van der Waals surface area contributed by atoms with Crippen LogP contribution in [0.25, 0.3) is 11.4 Å². The number of hydrogen-bond acceptors (Lipinski definition) is 3. The number of carbonyl (C=O) groups is 1. The minimum atomic E-state index is -0.294. The average molecular weight is 350 g/mol. The van der Waals surface area contributed by atoms with Gasteiger partial charge in [0.1, 0.15) is 11.6 Å². The topological polar surface area (TPSA) is 61.9 Å². The lowest BCUT2D eigenvalue weighted by molar-refractivity contribution is -0.131. The summed E-state index contributed by atoms with van der Waals surface area (Å²) in [6, 6.07) is 15.7. The number of carbonyl (C=O) groups excluding carboxylic acids is 1. The largest absolute Gasteiger partial charge is 0.332 e. The number of aromatic amines is 1. The quantitative estimate of drug-likeness (QED) is 0.783. The summed E-state index contributed by atoms with van der Waals surface area (Å²) in [6.07, 6.45) is 2.19. The molecule has 26 heavy (non-hydrogen) atoms. The number of benzene rings is 2. The summed E-state index contributed by atoms with van der Waals surface area (Å²) >= 11 is 0. The van der Waals surface area contributed by atoms with Gasteiger partial charge in [0.2, 0.25) is 5.91 Å². The first kappa shape index (κ1) is 16.4. The molecular weight excluding hydrogens is 331 g/mol. The van der Waals surface area contributed by atoms with Crippen molar-refractivity contribution < 1.29 is 9.18 Å². The lowest BCUT2D eigenvalue weighted by Crippen LogP contribution is -2.32. The second-order valence-electron chi connectivity index (χ2n) is 6.46. The molecule has 4 rings (SSSR count). The van der Waals surface area contributed by atoms with E-state index in [1.165, 1.54) is 12.1 Å². The molecule has 1 amide bonds. The first-order chi connectivity index (χ1) is 12.7. The van der Waals surface area contributed by atoms with Gasteiger partial charge in [-0.25, -0.2) is 9.37 Å². The fourth-order valence-electron chi connectivity index (χ4n) is 3.37. The van der Waals surface area contributed by atoms with Gasteiger partial charge < -0.3 is 4.90 Å². The van der Waals surface area contributed by atoms with E-state index in [9.17, 15) is 9.18 Å². The van der Waals surface area contributed by atoms with Crippen LogP contribution in [-0.2, 0) is 11.2 Å². The molecule has 132 valence electrons. The molecule has 1 aliphatic rings. The summed E-state index contributed by atoms with van der Waals surface area (Å²) < 4.78 is 13.1. The number of likely N-dealkylation sites (tertiary alicyclic amines) is 1. The second kappa shape index (κ2) is 7.07. The highest BCUT2D eigenvalue weighted by molar-refractivity contribution is 5.79. The summed E-state index contributed by atoms with van der Waals surface area (Å²) in [5.74, 6) is 1.00. The van der Waals surface area contributed by atoms with E-state index in [1.54, 1.807) is 12.1 Å². The van der Waals surface area contributed by atoms with Gasteiger partial charge in [0.05, 0.1) is 12.5 Å². The summed E-state index contributed by atoms with van der Waals surface area (Å²) in [4.78, 5) is 19.2. The molecule has 5 nitrogen and oxygen atoms in total. The van der Waals surface area contributed by atoms with E-state index in [0.29, 0.717) is 18.1 Å². The Hall–Kier alpha value is -3.02. The van der Waals surface area contributed by atoms with E-state index in [0.717, 1.165) is 30.5 Å². The maximum Gasteiger partial charge on any atom is 0.227 e. The van der Waals surface area contributed by atoms with Crippen molar-refractivity contribution in [2.24, 2.45) is 0 Å². The van der Waals surface area contributed by atoms with Gasteiger partial charge in [0.15, 0.2) is 5.82 Å². The highest BCUT2D eigenvalue weighted by Crippen LogP contribution is 2.31. The summed E-state index contributed by atoms with van der Waals surface area (Å²) in [7, 11) is 0. The van der Waals surface area contributed by atoms with Gasteiger partial charge in [-0.1, -0.05) is 30.3 Å². The van der Waals surface area contributed by atoms with Crippen LogP contribution in [0.4, 0.5) is 4.39 Å². The van der Waals surface area contributed by atoms with Crippen LogP contribution in [0, 0.1) is 5.82 Å². The minimum absolute atomic E-state index is 0.0899. The zero-order valence-electron chi connectivity index (χ0n) is 14.2. The molecule has 2 heterocycles. The Morgan fingerprint density at radius 3 is 2.69 bits per heavy atom. The predicted molar refractivity (Wildman–Crippen MR) is 95.6 cm³/mol. The standard InChI is InChI=1S/C20H19FN4O/c21-16-10-8-15(9-11-16)19-22-20(24-23-19)17-7-4-12-25(17)18(26)13-14-5-2-1-3-6-14/h1-3,5-6,8-11,17H,4,7,12-13H2,(H,22,23,24)/t17-/m0/s1. The minimum Gasteiger partial charge on any atom is -0.332 e. The van der Waals surface area contributed by atoms with E-state index < -0.39 is 0 Å². The van der Waals surface area contributed by atoms with Crippen LogP contribution >= 0.6 is 0 Å². The third kappa shape index (κ3) is 3.35. The molecule has 0 unspecified atom stereocenters. The first-order valence-corrected chi connectivity index (χ1v) is 8.72. The smallest absolute Gasteiger partial charge is 0.227 e. The van der Waals surface area contributed by atoms with Gasteiger partial charge in [-0.3, -0.25) is 9.89 Å². The van der Waals surface area contributed by atoms with Crippen molar-refractivity contribution in [2.75, 3.05) is 6.54 Å². The molecule has 0 saturated carbocycles. The molecule has 1 aromatic heterocycles. The van der Waals surface area contributed by atoms with Crippen molar-refractivity contribution in [3.8, 4) is 11.4 Å². The van der Waals surface area contributed by atoms with Crippen LogP contribution in [0.3, 0.4) is 0 Å². The molecule has 0 spiro atoms. The van der Waals surface area contributed by atoms with Crippen LogP contribution in [0.2, 0.25) is 0 Å². The third-order valence-corrected chi connectivity index (χ3v) is 4.69. The Bertz CT molecular complexity index is 892. The molecule has 2 aromatic carbocycles. The Morgan fingerprint density at radius 1 is 1.15 bits per heavy atom. The zero-order valence-corrected chi connectivity index (χ0v) is 14.2. The number of nitrogens with zero attached hydrogens (tertiary/aromatic N) is 3. The third-order valence-electron chi connectivity index (χ3n) is 4.69. The monoisotopic (exact) mass is 350 g/mol. The SMILES string of the molecule is O=C(Cc1ccccc1)N1CCC[C@H]1c1nc(-c2ccc(F)cc2)n[nH]1. The number of nitrogens with one attached hydrogen (secondary N) is 1. The van der Waals surface area contributed by atoms with Gasteiger partial charge in [0.25, 0.3) is 0 Å². The van der Waals surface area contributed by atoms with E-state index in [2.05, 4.69) is 15.2 Å². The Labute approximate surface area is 150 Å². The number of H-pyrrole nitrogens is 1. The van der Waals surface area contributed by atoms with Crippen LogP contribution in [0.5, 0.6) is 0 Å². The molecule has 1 atom stereocenters.